The molecule has 1 aromatic heterocycles. The molecule has 0 radical (unpaired) electrons. The lowest BCUT2D eigenvalue weighted by Crippen LogP contribution is -2.63. The first-order valence-electron chi connectivity index (χ1n) is 9.44. The van der Waals surface area contributed by atoms with E-state index in [0.29, 0.717) is 5.69 Å². The van der Waals surface area contributed by atoms with Crippen molar-refractivity contribution in [3.8, 4) is 0 Å². The standard InChI is InChI=1S/C18H16F6N4O4S/c19-9-1-11(15(21)12(20)2-9)17(32-16(29)18(22,23)24)14(25)3-10(7-33(17,30)31)28-5-8-4-26-27-13(8)6-28/h1-2,4,10,14H,3,5-7,25H2,(H,26,27)/t10-,14+,17?/m1/s1. The van der Waals surface area contributed by atoms with Crippen LogP contribution in [0.25, 0.3) is 0 Å². The molecular weight excluding hydrogens is 482 g/mol. The van der Waals surface area contributed by atoms with E-state index in [4.69, 9.17) is 5.73 Å². The van der Waals surface area contributed by atoms with Crippen LogP contribution < -0.4 is 5.73 Å². The topological polar surface area (TPSA) is 118 Å². The van der Waals surface area contributed by atoms with Gasteiger partial charge in [-0.05, 0) is 12.5 Å². The molecule has 0 amide bonds. The van der Waals surface area contributed by atoms with E-state index in [9.17, 15) is 39.6 Å². The number of esters is 1. The Morgan fingerprint density at radius 1 is 1.24 bits per heavy atom. The number of H-pyrrole nitrogens is 1. The fourth-order valence-corrected chi connectivity index (χ4v) is 6.64. The normalized spacial score (nSPS) is 27.4. The highest BCUT2D eigenvalue weighted by atomic mass is 32.2. The van der Waals surface area contributed by atoms with Gasteiger partial charge in [-0.15, -0.1) is 0 Å². The van der Waals surface area contributed by atoms with E-state index in [2.05, 4.69) is 14.9 Å². The number of carbonyl (C=O) groups excluding carboxylic acids is 1. The Kier molecular flexibility index (Phi) is 5.48. The van der Waals surface area contributed by atoms with E-state index in [0.717, 1.165) is 5.56 Å². The van der Waals surface area contributed by atoms with Crippen LogP contribution >= 0.6 is 0 Å². The van der Waals surface area contributed by atoms with Crippen LogP contribution in [0.4, 0.5) is 26.3 Å². The van der Waals surface area contributed by atoms with Crippen LogP contribution in [0.15, 0.2) is 18.3 Å². The highest BCUT2D eigenvalue weighted by molar-refractivity contribution is 7.92. The predicted octanol–water partition coefficient (Wildman–Crippen LogP) is 1.62. The molecule has 1 aromatic carbocycles. The first kappa shape index (κ1) is 23.5. The van der Waals surface area contributed by atoms with Crippen molar-refractivity contribution in [1.29, 1.82) is 0 Å². The molecule has 4 rings (SSSR count). The second kappa shape index (κ2) is 7.70. The van der Waals surface area contributed by atoms with Crippen LogP contribution in [-0.4, -0.2) is 53.5 Å². The van der Waals surface area contributed by atoms with Gasteiger partial charge in [-0.2, -0.15) is 18.3 Å². The quantitative estimate of drug-likeness (QED) is 0.375. The monoisotopic (exact) mass is 498 g/mol. The molecule has 1 unspecified atom stereocenters. The van der Waals surface area contributed by atoms with E-state index in [-0.39, 0.29) is 31.6 Å². The van der Waals surface area contributed by atoms with Gasteiger partial charge in [0.2, 0.25) is 0 Å². The minimum Gasteiger partial charge on any atom is -0.429 e. The largest absolute Gasteiger partial charge is 0.490 e. The van der Waals surface area contributed by atoms with Gasteiger partial charge in [0.05, 0.1) is 29.2 Å². The number of hydrogen-bond donors (Lipinski definition) is 2. The number of hydrogen-bond acceptors (Lipinski definition) is 7. The summed E-state index contributed by atoms with van der Waals surface area (Å²) in [6.07, 6.45) is -4.56. The number of sulfone groups is 1. The molecule has 2 aliphatic rings. The van der Waals surface area contributed by atoms with E-state index in [1.54, 1.807) is 4.90 Å². The maximum Gasteiger partial charge on any atom is 0.490 e. The number of alkyl halides is 3. The third-order valence-corrected chi connectivity index (χ3v) is 8.14. The van der Waals surface area contributed by atoms with Crippen molar-refractivity contribution < 1.29 is 44.3 Å². The van der Waals surface area contributed by atoms with Gasteiger partial charge >= 0.3 is 12.1 Å². The Hall–Kier alpha value is -2.65. The van der Waals surface area contributed by atoms with Gasteiger partial charge in [0.1, 0.15) is 5.82 Å². The zero-order valence-corrected chi connectivity index (χ0v) is 17.3. The lowest BCUT2D eigenvalue weighted by molar-refractivity contribution is -0.210. The summed E-state index contributed by atoms with van der Waals surface area (Å²) in [4.78, 5) is 9.83. The zero-order chi connectivity index (χ0) is 24.3. The number of halogens is 6. The molecule has 15 heteroatoms. The van der Waals surface area contributed by atoms with Crippen LogP contribution in [0.5, 0.6) is 0 Å². The second-order valence-corrected chi connectivity index (χ2v) is 10.0. The summed E-state index contributed by atoms with van der Waals surface area (Å²) in [6, 6.07) is -2.63. The highest BCUT2D eigenvalue weighted by Gasteiger charge is 2.62. The number of rotatable bonds is 3. The summed E-state index contributed by atoms with van der Waals surface area (Å²) in [6.45, 7) is 0.470. The van der Waals surface area contributed by atoms with E-state index < -0.39 is 67.8 Å². The Morgan fingerprint density at radius 3 is 2.55 bits per heavy atom. The van der Waals surface area contributed by atoms with Gasteiger partial charge in [-0.1, -0.05) is 0 Å². The number of nitrogens with one attached hydrogen (secondary N) is 1. The number of ether oxygens (including phenoxy) is 1. The van der Waals surface area contributed by atoms with Crippen molar-refractivity contribution in [2.24, 2.45) is 5.73 Å². The molecule has 180 valence electrons. The summed E-state index contributed by atoms with van der Waals surface area (Å²) in [5.74, 6) is -9.29. The highest BCUT2D eigenvalue weighted by Crippen LogP contribution is 2.45. The Bertz CT molecular complexity index is 1200. The SMILES string of the molecule is N[C@H]1C[C@@H](N2Cc3cn[nH]c3C2)CS(=O)(=O)C1(OC(=O)C(F)(F)F)c1cc(F)cc(F)c1F. The Labute approximate surface area is 182 Å². The smallest absolute Gasteiger partial charge is 0.429 e. The molecule has 1 saturated heterocycles. The van der Waals surface area contributed by atoms with Crippen molar-refractivity contribution in [2.75, 3.05) is 5.75 Å². The third kappa shape index (κ3) is 3.77. The molecule has 1 fully saturated rings. The van der Waals surface area contributed by atoms with Gasteiger partial charge in [-0.25, -0.2) is 26.4 Å². The molecule has 3 heterocycles. The first-order chi connectivity index (χ1) is 15.3. The average Bonchev–Trinajstić information content (AvgIpc) is 3.28. The molecular formula is C18H16F6N4O4S. The van der Waals surface area contributed by atoms with Crippen LogP contribution in [0.1, 0.15) is 23.2 Å². The number of aromatic nitrogens is 2. The molecule has 3 N–H and O–H groups in total. The van der Waals surface area contributed by atoms with Crippen LogP contribution in [-0.2, 0) is 37.4 Å². The van der Waals surface area contributed by atoms with Gasteiger partial charge in [-0.3, -0.25) is 10.00 Å². The van der Waals surface area contributed by atoms with Crippen molar-refractivity contribution in [2.45, 2.75) is 42.7 Å². The summed E-state index contributed by atoms with van der Waals surface area (Å²) >= 11 is 0. The lowest BCUT2D eigenvalue weighted by atomic mass is 9.94. The first-order valence-corrected chi connectivity index (χ1v) is 11.1. The number of benzene rings is 1. The number of nitrogens with two attached hydrogens (primary N) is 1. The van der Waals surface area contributed by atoms with Crippen molar-refractivity contribution in [1.82, 2.24) is 15.1 Å². The number of nitrogens with zero attached hydrogens (tertiary/aromatic N) is 2. The minimum absolute atomic E-state index is 0.0634. The number of fused-ring (bicyclic) bond motifs is 1. The maximum atomic E-state index is 14.7. The average molecular weight is 498 g/mol. The molecule has 2 aromatic rings. The van der Waals surface area contributed by atoms with Crippen LogP contribution in [0.2, 0.25) is 0 Å². The summed E-state index contributed by atoms with van der Waals surface area (Å²) in [5.41, 5.74) is 5.95. The molecule has 0 aliphatic carbocycles. The summed E-state index contributed by atoms with van der Waals surface area (Å²) in [5, 5.41) is 6.56. The fraction of sp³-hybridized carbons (Fsp3) is 0.444. The minimum atomic E-state index is -5.69. The molecule has 2 aliphatic heterocycles. The molecule has 0 saturated carbocycles. The van der Waals surface area contributed by atoms with Crippen LogP contribution in [0, 0.1) is 17.5 Å². The third-order valence-electron chi connectivity index (χ3n) is 5.79. The Balaban J connectivity index is 1.80. The van der Waals surface area contributed by atoms with Gasteiger partial charge in [0.25, 0.3) is 4.93 Å². The summed E-state index contributed by atoms with van der Waals surface area (Å²) < 4.78 is 112. The molecule has 0 bridgehead atoms. The maximum absolute atomic E-state index is 14.7. The number of carbonyl (C=O) groups is 1. The molecule has 33 heavy (non-hydrogen) atoms. The van der Waals surface area contributed by atoms with Crippen molar-refractivity contribution in [3.63, 3.8) is 0 Å². The van der Waals surface area contributed by atoms with Crippen molar-refractivity contribution >= 4 is 15.8 Å². The molecule has 0 spiro atoms. The predicted molar refractivity (Wildman–Crippen MR) is 98.1 cm³/mol. The van der Waals surface area contributed by atoms with Gasteiger partial charge in [0.15, 0.2) is 21.5 Å². The summed E-state index contributed by atoms with van der Waals surface area (Å²) in [7, 11) is -5.06. The number of aromatic amines is 1. The Morgan fingerprint density at radius 2 is 1.94 bits per heavy atom. The molecule has 8 nitrogen and oxygen atoms in total. The van der Waals surface area contributed by atoms with Gasteiger partial charge in [0, 0.05) is 30.8 Å². The fourth-order valence-electron chi connectivity index (χ4n) is 4.29. The van der Waals surface area contributed by atoms with Crippen molar-refractivity contribution in [3.05, 3.63) is 52.6 Å². The van der Waals surface area contributed by atoms with Gasteiger partial charge < -0.3 is 10.5 Å². The van der Waals surface area contributed by atoms with Crippen LogP contribution in [0.3, 0.4) is 0 Å². The van der Waals surface area contributed by atoms with E-state index in [1.807, 2.05) is 0 Å². The molecule has 3 atom stereocenters. The second-order valence-electron chi connectivity index (χ2n) is 7.86. The van der Waals surface area contributed by atoms with E-state index >= 15 is 0 Å². The zero-order valence-electron chi connectivity index (χ0n) is 16.5. The van der Waals surface area contributed by atoms with E-state index in [1.165, 1.54) is 6.20 Å². The lowest BCUT2D eigenvalue weighted by Gasteiger charge is -2.45.